The van der Waals surface area contributed by atoms with E-state index >= 15 is 0 Å². The normalized spacial score (nSPS) is 11.3. The molecule has 0 bridgehead atoms. The second kappa shape index (κ2) is 20.3. The van der Waals surface area contributed by atoms with E-state index in [1.807, 2.05) is 6.08 Å². The molecule has 2 heteroatoms. The first-order valence-corrected chi connectivity index (χ1v) is 15.8. The fourth-order valence-corrected chi connectivity index (χ4v) is 9.64. The van der Waals surface area contributed by atoms with E-state index in [0.717, 1.165) is 0 Å². The van der Waals surface area contributed by atoms with Gasteiger partial charge in [0, 0.05) is 7.26 Å². The molecule has 31 heavy (non-hydrogen) atoms. The van der Waals surface area contributed by atoms with Crippen molar-refractivity contribution in [3.05, 3.63) is 42.0 Å². The largest absolute Gasteiger partial charge is 1.00 e. The highest BCUT2D eigenvalue weighted by Crippen LogP contribution is 2.63. The van der Waals surface area contributed by atoms with E-state index in [-0.39, 0.29) is 12.4 Å². The Bertz CT molecular complexity index is 514. The molecule has 0 nitrogen and oxygen atoms in total. The molecule has 1 rings (SSSR count). The fraction of sp³-hybridized carbons (Fsp3) is 0.724. The second-order valence-corrected chi connectivity index (χ2v) is 13.8. The van der Waals surface area contributed by atoms with Crippen LogP contribution in [0.4, 0.5) is 0 Å². The fourth-order valence-electron chi connectivity index (χ4n) is 4.64. The van der Waals surface area contributed by atoms with Crippen molar-refractivity contribution in [3.63, 3.8) is 0 Å². The Labute approximate surface area is 202 Å². The molecule has 0 heterocycles. The number of rotatable bonds is 20. The van der Waals surface area contributed by atoms with Crippen LogP contribution >= 0.6 is 7.26 Å². The number of unbranched alkanes of at least 4 members (excludes halogenated alkanes) is 11. The number of halogens is 1. The number of hydrogen-bond acceptors (Lipinski definition) is 0. The van der Waals surface area contributed by atoms with E-state index in [1.165, 1.54) is 120 Å². The summed E-state index contributed by atoms with van der Waals surface area (Å²) < 4.78 is 0. The van der Waals surface area contributed by atoms with Crippen LogP contribution in [0.25, 0.3) is 6.08 Å². The van der Waals surface area contributed by atoms with Crippen molar-refractivity contribution < 1.29 is 12.4 Å². The molecule has 0 aliphatic carbocycles. The molecule has 0 aromatic heterocycles. The molecule has 0 atom stereocenters. The maximum Gasteiger partial charge on any atom is 0.0842 e. The summed E-state index contributed by atoms with van der Waals surface area (Å²) in [6, 6.07) is 9.28. The van der Waals surface area contributed by atoms with Gasteiger partial charge < -0.3 is 12.4 Å². The molecular weight excluding hydrogens is 415 g/mol. The van der Waals surface area contributed by atoms with Gasteiger partial charge in [0.25, 0.3) is 0 Å². The Morgan fingerprint density at radius 2 is 1.03 bits per heavy atom. The maximum atomic E-state index is 3.91. The summed E-state index contributed by atoms with van der Waals surface area (Å²) in [4.78, 5) is 0. The summed E-state index contributed by atoms with van der Waals surface area (Å²) in [6.45, 7) is 11.0. The average molecular weight is 467 g/mol. The van der Waals surface area contributed by atoms with Crippen molar-refractivity contribution in [2.45, 2.75) is 117 Å². The lowest BCUT2D eigenvalue weighted by Gasteiger charge is -2.28. The Kier molecular flexibility index (Phi) is 20.1. The van der Waals surface area contributed by atoms with Crippen LogP contribution in [0.15, 0.2) is 30.8 Å². The number of hydrogen-bond donors (Lipinski definition) is 0. The van der Waals surface area contributed by atoms with Crippen molar-refractivity contribution in [3.8, 4) is 0 Å². The van der Waals surface area contributed by atoms with Gasteiger partial charge in [-0.15, -0.1) is 0 Å². The van der Waals surface area contributed by atoms with Crippen LogP contribution in [-0.4, -0.2) is 18.5 Å². The van der Waals surface area contributed by atoms with Crippen LogP contribution in [0.3, 0.4) is 0 Å². The van der Waals surface area contributed by atoms with Gasteiger partial charge in [0.2, 0.25) is 0 Å². The Morgan fingerprint density at radius 1 is 0.613 bits per heavy atom. The van der Waals surface area contributed by atoms with E-state index < -0.39 is 7.26 Å². The predicted molar refractivity (Wildman–Crippen MR) is 143 cm³/mol. The molecule has 0 amide bonds. The van der Waals surface area contributed by atoms with Gasteiger partial charge in [0.1, 0.15) is 0 Å². The molecule has 1 aromatic carbocycles. The van der Waals surface area contributed by atoms with Gasteiger partial charge in [0.05, 0.1) is 24.6 Å². The summed E-state index contributed by atoms with van der Waals surface area (Å²) in [5.74, 6) is 0. The zero-order valence-corrected chi connectivity index (χ0v) is 22.8. The van der Waals surface area contributed by atoms with Gasteiger partial charge in [-0.3, -0.25) is 0 Å². The van der Waals surface area contributed by atoms with E-state index in [2.05, 4.69) is 51.6 Å². The van der Waals surface area contributed by atoms with Crippen LogP contribution in [-0.2, 0) is 6.16 Å². The average Bonchev–Trinajstić information content (AvgIpc) is 2.78. The van der Waals surface area contributed by atoms with E-state index in [9.17, 15) is 0 Å². The third-order valence-corrected chi connectivity index (χ3v) is 11.5. The summed E-state index contributed by atoms with van der Waals surface area (Å²) in [7, 11) is -0.874. The van der Waals surface area contributed by atoms with Gasteiger partial charge in [-0.25, -0.2) is 0 Å². The standard InChI is InChI=1S/C29H52P.ClH/c1-5-9-12-13-14-15-16-17-18-19-26-30(24-10-6-2,25-11-7-3)27-29-22-20-28(8-4)21-23-29;/h8,20-23H,4-7,9-19,24-27H2,1-3H3;1H/q+1;/p-1. The topological polar surface area (TPSA) is 0 Å². The van der Waals surface area contributed by atoms with Crippen molar-refractivity contribution in [1.29, 1.82) is 0 Å². The van der Waals surface area contributed by atoms with Gasteiger partial charge >= 0.3 is 0 Å². The molecule has 0 spiro atoms. The van der Waals surface area contributed by atoms with E-state index in [0.29, 0.717) is 0 Å². The zero-order valence-electron chi connectivity index (χ0n) is 21.1. The predicted octanol–water partition coefficient (Wildman–Crippen LogP) is 7.37. The molecular formula is C29H52ClP. The molecule has 0 fully saturated rings. The van der Waals surface area contributed by atoms with Crippen LogP contribution in [0.1, 0.15) is 122 Å². The summed E-state index contributed by atoms with van der Waals surface area (Å²) >= 11 is 0. The van der Waals surface area contributed by atoms with Gasteiger partial charge in [-0.1, -0.05) is 122 Å². The lowest BCUT2D eigenvalue weighted by Crippen LogP contribution is -3.00. The van der Waals surface area contributed by atoms with E-state index in [1.54, 1.807) is 5.56 Å². The SMILES string of the molecule is C=Cc1ccc(C[P+](CCCC)(CCCC)CCCCCCCCCCCC)cc1.[Cl-]. The zero-order chi connectivity index (χ0) is 21.9. The van der Waals surface area contributed by atoms with Crippen LogP contribution in [0.5, 0.6) is 0 Å². The van der Waals surface area contributed by atoms with Crippen LogP contribution < -0.4 is 12.4 Å². The first kappa shape index (κ1) is 30.7. The van der Waals surface area contributed by atoms with Crippen molar-refractivity contribution in [2.24, 2.45) is 0 Å². The maximum absolute atomic E-state index is 3.91. The van der Waals surface area contributed by atoms with Crippen LogP contribution in [0.2, 0.25) is 0 Å². The minimum atomic E-state index is -0.874. The lowest BCUT2D eigenvalue weighted by atomic mass is 10.1. The molecule has 0 saturated carbocycles. The minimum Gasteiger partial charge on any atom is -1.00 e. The minimum absolute atomic E-state index is 0. The highest BCUT2D eigenvalue weighted by atomic mass is 35.5. The third kappa shape index (κ3) is 14.4. The molecule has 0 unspecified atom stereocenters. The summed E-state index contributed by atoms with van der Waals surface area (Å²) in [6.07, 6.45) is 28.0. The molecule has 0 aliphatic rings. The highest BCUT2D eigenvalue weighted by molar-refractivity contribution is 7.75. The summed E-state index contributed by atoms with van der Waals surface area (Å²) in [5.41, 5.74) is 2.83. The molecule has 0 aliphatic heterocycles. The Morgan fingerprint density at radius 3 is 1.48 bits per heavy atom. The van der Waals surface area contributed by atoms with Crippen molar-refractivity contribution >= 4 is 13.3 Å². The van der Waals surface area contributed by atoms with E-state index in [4.69, 9.17) is 0 Å². The van der Waals surface area contributed by atoms with Crippen molar-refractivity contribution in [2.75, 3.05) is 18.5 Å². The molecule has 0 saturated heterocycles. The van der Waals surface area contributed by atoms with Crippen LogP contribution in [0, 0.1) is 0 Å². The Hall–Kier alpha value is -0.320. The lowest BCUT2D eigenvalue weighted by molar-refractivity contribution is -0.00000665. The molecule has 0 N–H and O–H groups in total. The molecule has 0 radical (unpaired) electrons. The first-order valence-electron chi connectivity index (χ1n) is 13.3. The molecule has 1 aromatic rings. The van der Waals surface area contributed by atoms with Gasteiger partial charge in [-0.2, -0.15) is 0 Å². The van der Waals surface area contributed by atoms with Gasteiger partial charge in [0.15, 0.2) is 0 Å². The first-order chi connectivity index (χ1) is 14.7. The second-order valence-electron chi connectivity index (χ2n) is 9.51. The highest BCUT2D eigenvalue weighted by Gasteiger charge is 2.35. The van der Waals surface area contributed by atoms with Crippen molar-refractivity contribution in [1.82, 2.24) is 0 Å². The monoisotopic (exact) mass is 466 g/mol. The molecule has 180 valence electrons. The third-order valence-electron chi connectivity index (χ3n) is 6.69. The number of benzene rings is 1. The smallest absolute Gasteiger partial charge is 0.0842 e. The quantitative estimate of drug-likeness (QED) is 0.139. The summed E-state index contributed by atoms with van der Waals surface area (Å²) in [5, 5.41) is 0. The van der Waals surface area contributed by atoms with Gasteiger partial charge in [-0.05, 0) is 36.8 Å². The Balaban J connectivity index is 0.00000900.